The Morgan fingerprint density at radius 3 is 2.67 bits per heavy atom. The van der Waals surface area contributed by atoms with E-state index in [-0.39, 0.29) is 5.82 Å². The van der Waals surface area contributed by atoms with Gasteiger partial charge in [0.05, 0.1) is 0 Å². The van der Waals surface area contributed by atoms with Gasteiger partial charge in [0.1, 0.15) is 11.9 Å². The van der Waals surface area contributed by atoms with Crippen LogP contribution in [0, 0.1) is 17.0 Å². The number of nitro groups is 1. The minimum absolute atomic E-state index is 0.133. The van der Waals surface area contributed by atoms with Gasteiger partial charge in [-0.15, -0.1) is 0 Å². The van der Waals surface area contributed by atoms with E-state index in [1.807, 2.05) is 37.3 Å². The highest BCUT2D eigenvalue weighted by atomic mass is 16.6. The Labute approximate surface area is 105 Å². The maximum absolute atomic E-state index is 10.9. The van der Waals surface area contributed by atoms with Crippen molar-refractivity contribution in [1.82, 2.24) is 4.98 Å². The summed E-state index contributed by atoms with van der Waals surface area (Å²) in [5.41, 5.74) is 2.36. The summed E-state index contributed by atoms with van der Waals surface area (Å²) in [6.07, 6.45) is 1.45. The molecule has 1 aromatic carbocycles. The van der Waals surface area contributed by atoms with Crippen LogP contribution in [0.15, 0.2) is 42.6 Å². The van der Waals surface area contributed by atoms with Crippen molar-refractivity contribution in [2.45, 2.75) is 13.5 Å². The number of nitrogens with one attached hydrogen (secondary N) is 1. The minimum Gasteiger partial charge on any atom is -0.374 e. The van der Waals surface area contributed by atoms with Crippen LogP contribution in [0.5, 0.6) is 0 Å². The predicted molar refractivity (Wildman–Crippen MR) is 69.4 cm³/mol. The number of anilines is 1. The van der Waals surface area contributed by atoms with E-state index >= 15 is 0 Å². The first kappa shape index (κ1) is 12.0. The number of rotatable bonds is 4. The van der Waals surface area contributed by atoms with Gasteiger partial charge < -0.3 is 15.4 Å². The molecule has 0 fully saturated rings. The first-order chi connectivity index (χ1) is 8.68. The van der Waals surface area contributed by atoms with E-state index in [1.165, 1.54) is 6.20 Å². The molecule has 2 aromatic rings. The second-order valence-electron chi connectivity index (χ2n) is 3.92. The van der Waals surface area contributed by atoms with Crippen molar-refractivity contribution in [3.05, 3.63) is 63.8 Å². The molecule has 5 nitrogen and oxygen atoms in total. The van der Waals surface area contributed by atoms with Crippen LogP contribution in [0.2, 0.25) is 0 Å². The van der Waals surface area contributed by atoms with Crippen molar-refractivity contribution < 1.29 is 4.92 Å². The lowest BCUT2D eigenvalue weighted by Crippen LogP contribution is -2.05. The van der Waals surface area contributed by atoms with E-state index in [0.717, 1.165) is 11.1 Å². The fourth-order valence-electron chi connectivity index (χ4n) is 1.69. The number of nitrogens with zero attached hydrogens (tertiary/aromatic N) is 2. The summed E-state index contributed by atoms with van der Waals surface area (Å²) < 4.78 is 0. The summed E-state index contributed by atoms with van der Waals surface area (Å²) in [4.78, 5) is 14.2. The standard InChI is InChI=1S/C13H13N3O2/c1-10-7-8-14-13(16(17)18)12(10)15-9-11-5-3-2-4-6-11/h2-8,15H,9H2,1H3. The van der Waals surface area contributed by atoms with Gasteiger partial charge in [-0.25, -0.2) is 0 Å². The maximum Gasteiger partial charge on any atom is 0.387 e. The Kier molecular flexibility index (Phi) is 3.52. The van der Waals surface area contributed by atoms with Crippen molar-refractivity contribution >= 4 is 11.5 Å². The van der Waals surface area contributed by atoms with E-state index in [4.69, 9.17) is 0 Å². The van der Waals surface area contributed by atoms with E-state index in [2.05, 4.69) is 10.3 Å². The van der Waals surface area contributed by atoms with Gasteiger partial charge in [0.2, 0.25) is 0 Å². The molecule has 0 radical (unpaired) electrons. The lowest BCUT2D eigenvalue weighted by atomic mass is 10.2. The number of aromatic nitrogens is 1. The first-order valence-electron chi connectivity index (χ1n) is 5.56. The smallest absolute Gasteiger partial charge is 0.374 e. The van der Waals surface area contributed by atoms with Crippen LogP contribution in [-0.4, -0.2) is 9.91 Å². The molecule has 1 heterocycles. The molecule has 1 aromatic heterocycles. The molecule has 0 saturated carbocycles. The summed E-state index contributed by atoms with van der Waals surface area (Å²) >= 11 is 0. The van der Waals surface area contributed by atoms with Gasteiger partial charge in [0.15, 0.2) is 0 Å². The number of benzene rings is 1. The maximum atomic E-state index is 10.9. The van der Waals surface area contributed by atoms with Crippen molar-refractivity contribution in [2.75, 3.05) is 5.32 Å². The van der Waals surface area contributed by atoms with Crippen LogP contribution >= 0.6 is 0 Å². The number of pyridine rings is 1. The second-order valence-corrected chi connectivity index (χ2v) is 3.92. The molecule has 0 unspecified atom stereocenters. The quantitative estimate of drug-likeness (QED) is 0.662. The van der Waals surface area contributed by atoms with E-state index in [9.17, 15) is 10.1 Å². The Balaban J connectivity index is 2.21. The molecule has 0 aliphatic rings. The molecule has 0 aliphatic heterocycles. The summed E-state index contributed by atoms with van der Waals surface area (Å²) in [7, 11) is 0. The average molecular weight is 243 g/mol. The van der Waals surface area contributed by atoms with Gasteiger partial charge in [-0.3, -0.25) is 0 Å². The summed E-state index contributed by atoms with van der Waals surface area (Å²) in [6.45, 7) is 2.36. The summed E-state index contributed by atoms with van der Waals surface area (Å²) in [5.74, 6) is -0.133. The lowest BCUT2D eigenvalue weighted by molar-refractivity contribution is -0.388. The molecule has 2 rings (SSSR count). The zero-order valence-electron chi connectivity index (χ0n) is 9.96. The van der Waals surface area contributed by atoms with Crippen molar-refractivity contribution in [1.29, 1.82) is 0 Å². The highest BCUT2D eigenvalue weighted by Gasteiger charge is 2.16. The third kappa shape index (κ3) is 2.63. The normalized spacial score (nSPS) is 10.1. The van der Waals surface area contributed by atoms with Gasteiger partial charge in [0.25, 0.3) is 0 Å². The largest absolute Gasteiger partial charge is 0.387 e. The fraction of sp³-hybridized carbons (Fsp3) is 0.154. The van der Waals surface area contributed by atoms with Crippen LogP contribution in [0.4, 0.5) is 11.5 Å². The zero-order chi connectivity index (χ0) is 13.0. The van der Waals surface area contributed by atoms with Crippen LogP contribution in [-0.2, 0) is 6.54 Å². The molecule has 92 valence electrons. The Morgan fingerprint density at radius 1 is 1.28 bits per heavy atom. The van der Waals surface area contributed by atoms with Crippen molar-refractivity contribution in [2.24, 2.45) is 0 Å². The van der Waals surface area contributed by atoms with Gasteiger partial charge in [-0.2, -0.15) is 0 Å². The van der Waals surface area contributed by atoms with Crippen molar-refractivity contribution in [3.8, 4) is 0 Å². The molecule has 0 aliphatic carbocycles. The van der Waals surface area contributed by atoms with Crippen LogP contribution in [0.1, 0.15) is 11.1 Å². The third-order valence-electron chi connectivity index (χ3n) is 2.62. The zero-order valence-corrected chi connectivity index (χ0v) is 9.96. The van der Waals surface area contributed by atoms with E-state index < -0.39 is 4.92 Å². The second kappa shape index (κ2) is 5.27. The van der Waals surface area contributed by atoms with Crippen molar-refractivity contribution in [3.63, 3.8) is 0 Å². The molecule has 5 heteroatoms. The first-order valence-corrected chi connectivity index (χ1v) is 5.56. The van der Waals surface area contributed by atoms with Gasteiger partial charge in [-0.05, 0) is 34.0 Å². The Morgan fingerprint density at radius 2 is 2.00 bits per heavy atom. The molecule has 0 amide bonds. The molecule has 18 heavy (non-hydrogen) atoms. The predicted octanol–water partition coefficient (Wildman–Crippen LogP) is 2.91. The monoisotopic (exact) mass is 243 g/mol. The summed E-state index contributed by atoms with van der Waals surface area (Å²) in [6, 6.07) is 11.5. The van der Waals surface area contributed by atoms with E-state index in [1.54, 1.807) is 6.07 Å². The molecule has 1 N–H and O–H groups in total. The fourth-order valence-corrected chi connectivity index (χ4v) is 1.69. The van der Waals surface area contributed by atoms with Gasteiger partial charge in [-0.1, -0.05) is 30.3 Å². The van der Waals surface area contributed by atoms with Crippen LogP contribution in [0.3, 0.4) is 0 Å². The highest BCUT2D eigenvalue weighted by molar-refractivity contribution is 5.62. The molecular weight excluding hydrogens is 230 g/mol. The highest BCUT2D eigenvalue weighted by Crippen LogP contribution is 2.25. The SMILES string of the molecule is Cc1ccnc([N+](=O)[O-])c1NCc1ccccc1. The molecule has 0 atom stereocenters. The topological polar surface area (TPSA) is 68.1 Å². The average Bonchev–Trinajstić information content (AvgIpc) is 2.38. The molecule has 0 bridgehead atoms. The van der Waals surface area contributed by atoms with Gasteiger partial charge in [0, 0.05) is 6.54 Å². The van der Waals surface area contributed by atoms with E-state index in [0.29, 0.717) is 12.2 Å². The van der Waals surface area contributed by atoms with Crippen LogP contribution < -0.4 is 5.32 Å². The van der Waals surface area contributed by atoms with Crippen LogP contribution in [0.25, 0.3) is 0 Å². The number of hydrogen-bond acceptors (Lipinski definition) is 4. The Hall–Kier alpha value is -2.43. The molecule has 0 saturated heterocycles. The summed E-state index contributed by atoms with van der Waals surface area (Å²) in [5, 5.41) is 14.0. The number of hydrogen-bond donors (Lipinski definition) is 1. The molecule has 0 spiro atoms. The Bertz CT molecular complexity index is 555. The molecular formula is C13H13N3O2. The van der Waals surface area contributed by atoms with Gasteiger partial charge >= 0.3 is 5.82 Å². The minimum atomic E-state index is -0.472. The third-order valence-corrected chi connectivity index (χ3v) is 2.62. The lowest BCUT2D eigenvalue weighted by Gasteiger charge is -2.09. The number of aryl methyl sites for hydroxylation is 1.